The number of rotatable bonds is 6. The smallest absolute Gasteiger partial charge is 0.226 e. The van der Waals surface area contributed by atoms with Gasteiger partial charge in [-0.3, -0.25) is 9.89 Å². The highest BCUT2D eigenvalue weighted by Crippen LogP contribution is 2.18. The van der Waals surface area contributed by atoms with Crippen molar-refractivity contribution < 1.29 is 13.7 Å². The number of carbonyl (C=O) groups excluding carboxylic acids is 1. The second kappa shape index (κ2) is 7.36. The third kappa shape index (κ3) is 4.00. The Balaban J connectivity index is 1.29. The largest absolute Gasteiger partial charge is 0.339 e. The fraction of sp³-hybridized carbons (Fsp3) is 0.158. The maximum Gasteiger partial charge on any atom is 0.226 e. The lowest BCUT2D eigenvalue weighted by molar-refractivity contribution is -0.116. The van der Waals surface area contributed by atoms with Crippen LogP contribution in [0.25, 0.3) is 22.3 Å². The van der Waals surface area contributed by atoms with Crippen LogP contribution in [0.2, 0.25) is 0 Å². The summed E-state index contributed by atoms with van der Waals surface area (Å²) < 4.78 is 18.2. The highest BCUT2D eigenvalue weighted by Gasteiger charge is 2.10. The number of aryl methyl sites for hydroxylation is 1. The van der Waals surface area contributed by atoms with Gasteiger partial charge in [-0.2, -0.15) is 10.1 Å². The number of anilines is 1. The van der Waals surface area contributed by atoms with E-state index in [1.54, 1.807) is 18.3 Å². The van der Waals surface area contributed by atoms with Crippen molar-refractivity contribution >= 4 is 22.5 Å². The van der Waals surface area contributed by atoms with E-state index in [0.717, 1.165) is 16.6 Å². The van der Waals surface area contributed by atoms with E-state index in [-0.39, 0.29) is 11.7 Å². The van der Waals surface area contributed by atoms with Gasteiger partial charge in [0.05, 0.1) is 11.7 Å². The maximum absolute atomic E-state index is 13.0. The lowest BCUT2D eigenvalue weighted by Gasteiger charge is -2.04. The minimum atomic E-state index is -0.319. The van der Waals surface area contributed by atoms with E-state index in [0.29, 0.717) is 36.5 Å². The zero-order valence-corrected chi connectivity index (χ0v) is 14.3. The van der Waals surface area contributed by atoms with Gasteiger partial charge in [0.2, 0.25) is 17.6 Å². The third-order valence-electron chi connectivity index (χ3n) is 4.09. The number of hydrogen-bond donors (Lipinski definition) is 2. The second-order valence-corrected chi connectivity index (χ2v) is 6.09. The molecule has 0 fully saturated rings. The first-order chi connectivity index (χ1) is 13.2. The molecule has 136 valence electrons. The van der Waals surface area contributed by atoms with Gasteiger partial charge in [-0.15, -0.1) is 0 Å². The number of carbonyl (C=O) groups is 1. The molecule has 2 N–H and O–H groups in total. The highest BCUT2D eigenvalue weighted by molar-refractivity contribution is 5.93. The first kappa shape index (κ1) is 16.9. The van der Waals surface area contributed by atoms with E-state index in [2.05, 4.69) is 25.7 Å². The van der Waals surface area contributed by atoms with Crippen molar-refractivity contribution in [2.45, 2.75) is 19.3 Å². The monoisotopic (exact) mass is 365 g/mol. The van der Waals surface area contributed by atoms with Crippen LogP contribution in [0.5, 0.6) is 0 Å². The van der Waals surface area contributed by atoms with E-state index in [1.807, 2.05) is 18.2 Å². The molecular formula is C19H16FN5O2. The van der Waals surface area contributed by atoms with Crippen LogP contribution in [-0.2, 0) is 11.2 Å². The molecule has 27 heavy (non-hydrogen) atoms. The summed E-state index contributed by atoms with van der Waals surface area (Å²) >= 11 is 0. The summed E-state index contributed by atoms with van der Waals surface area (Å²) in [5, 5.41) is 14.5. The lowest BCUT2D eigenvalue weighted by atomic mass is 10.2. The fourth-order valence-electron chi connectivity index (χ4n) is 2.72. The Labute approximate surface area is 153 Å². The maximum atomic E-state index is 13.0. The third-order valence-corrected chi connectivity index (χ3v) is 4.09. The van der Waals surface area contributed by atoms with Crippen LogP contribution in [0.4, 0.5) is 10.1 Å². The van der Waals surface area contributed by atoms with Gasteiger partial charge in [0.1, 0.15) is 5.82 Å². The number of nitrogens with zero attached hydrogens (tertiary/aromatic N) is 3. The van der Waals surface area contributed by atoms with Gasteiger partial charge in [-0.25, -0.2) is 4.39 Å². The summed E-state index contributed by atoms with van der Waals surface area (Å²) in [5.41, 5.74) is 2.32. The molecule has 2 aromatic heterocycles. The minimum Gasteiger partial charge on any atom is -0.339 e. The number of aromatic amines is 1. The van der Waals surface area contributed by atoms with Crippen LogP contribution >= 0.6 is 0 Å². The van der Waals surface area contributed by atoms with Crippen molar-refractivity contribution in [2.75, 3.05) is 5.32 Å². The number of hydrogen-bond acceptors (Lipinski definition) is 5. The van der Waals surface area contributed by atoms with Crippen LogP contribution in [0, 0.1) is 5.82 Å². The van der Waals surface area contributed by atoms with Gasteiger partial charge in [0, 0.05) is 29.5 Å². The Kier molecular flexibility index (Phi) is 4.61. The molecule has 4 aromatic rings. The number of nitrogens with one attached hydrogen (secondary N) is 2. The molecule has 0 radical (unpaired) electrons. The summed E-state index contributed by atoms with van der Waals surface area (Å²) in [6.45, 7) is 0. The van der Waals surface area contributed by atoms with Crippen LogP contribution in [0.3, 0.4) is 0 Å². The number of amides is 1. The van der Waals surface area contributed by atoms with Gasteiger partial charge in [0.25, 0.3) is 0 Å². The van der Waals surface area contributed by atoms with Crippen molar-refractivity contribution in [3.8, 4) is 11.4 Å². The fourth-order valence-corrected chi connectivity index (χ4v) is 2.72. The Bertz CT molecular complexity index is 1070. The van der Waals surface area contributed by atoms with Gasteiger partial charge < -0.3 is 9.84 Å². The van der Waals surface area contributed by atoms with Gasteiger partial charge in [0.15, 0.2) is 0 Å². The van der Waals surface area contributed by atoms with E-state index in [9.17, 15) is 9.18 Å². The van der Waals surface area contributed by atoms with Crippen LogP contribution < -0.4 is 5.32 Å². The summed E-state index contributed by atoms with van der Waals surface area (Å²) in [6, 6.07) is 11.4. The summed E-state index contributed by atoms with van der Waals surface area (Å²) in [5.74, 6) is 0.446. The Hall–Kier alpha value is -3.55. The molecule has 2 aromatic carbocycles. The van der Waals surface area contributed by atoms with Crippen LogP contribution in [-0.4, -0.2) is 26.2 Å². The minimum absolute atomic E-state index is 0.0869. The molecule has 0 saturated carbocycles. The first-order valence-electron chi connectivity index (χ1n) is 8.49. The molecule has 2 heterocycles. The zero-order chi connectivity index (χ0) is 18.6. The van der Waals surface area contributed by atoms with Crippen LogP contribution in [0.15, 0.2) is 53.2 Å². The predicted octanol–water partition coefficient (Wildman–Crippen LogP) is 3.71. The molecule has 0 unspecified atom stereocenters. The van der Waals surface area contributed by atoms with Gasteiger partial charge in [-0.05, 0) is 48.9 Å². The molecule has 0 saturated heterocycles. The summed E-state index contributed by atoms with van der Waals surface area (Å²) in [6.07, 6.45) is 3.10. The average Bonchev–Trinajstić information content (AvgIpc) is 3.31. The van der Waals surface area contributed by atoms with Crippen molar-refractivity contribution in [1.82, 2.24) is 20.3 Å². The molecular weight excluding hydrogens is 349 g/mol. The predicted molar refractivity (Wildman–Crippen MR) is 97.4 cm³/mol. The van der Waals surface area contributed by atoms with Crippen molar-refractivity contribution in [2.24, 2.45) is 0 Å². The standard InChI is InChI=1S/C19H16FN5O2/c20-14-6-4-12(5-7-14)19-23-18(27-25-19)3-1-2-17(26)22-15-8-9-16-13(10-15)11-21-24-16/h4-11H,1-3H2,(H,21,24)(H,22,26). The van der Waals surface area contributed by atoms with Crippen LogP contribution in [0.1, 0.15) is 18.7 Å². The summed E-state index contributed by atoms with van der Waals surface area (Å²) in [7, 11) is 0. The molecule has 0 aliphatic rings. The SMILES string of the molecule is O=C(CCCc1nc(-c2ccc(F)cc2)no1)Nc1ccc2[nH]ncc2c1. The van der Waals surface area contributed by atoms with Crippen molar-refractivity contribution in [3.05, 3.63) is 60.4 Å². The second-order valence-electron chi connectivity index (χ2n) is 6.09. The number of halogens is 1. The molecule has 0 atom stereocenters. The summed E-state index contributed by atoms with van der Waals surface area (Å²) in [4.78, 5) is 16.4. The van der Waals surface area contributed by atoms with E-state index in [1.165, 1.54) is 12.1 Å². The Morgan fingerprint density at radius 3 is 2.89 bits per heavy atom. The zero-order valence-electron chi connectivity index (χ0n) is 14.3. The molecule has 0 bridgehead atoms. The number of fused-ring (bicyclic) bond motifs is 1. The average molecular weight is 365 g/mol. The van der Waals surface area contributed by atoms with E-state index >= 15 is 0 Å². The molecule has 0 spiro atoms. The molecule has 4 rings (SSSR count). The molecule has 7 nitrogen and oxygen atoms in total. The Morgan fingerprint density at radius 1 is 1.19 bits per heavy atom. The number of benzene rings is 2. The van der Waals surface area contributed by atoms with E-state index in [4.69, 9.17) is 4.52 Å². The van der Waals surface area contributed by atoms with E-state index < -0.39 is 0 Å². The van der Waals surface area contributed by atoms with Crippen molar-refractivity contribution in [1.29, 1.82) is 0 Å². The topological polar surface area (TPSA) is 96.7 Å². The molecule has 0 aliphatic carbocycles. The molecule has 8 heteroatoms. The first-order valence-corrected chi connectivity index (χ1v) is 8.49. The Morgan fingerprint density at radius 2 is 2.04 bits per heavy atom. The lowest BCUT2D eigenvalue weighted by Crippen LogP contribution is -2.11. The van der Waals surface area contributed by atoms with Crippen molar-refractivity contribution in [3.63, 3.8) is 0 Å². The molecule has 0 aliphatic heterocycles. The highest BCUT2D eigenvalue weighted by atomic mass is 19.1. The normalized spacial score (nSPS) is 11.0. The number of aromatic nitrogens is 4. The van der Waals surface area contributed by atoms with Gasteiger partial charge >= 0.3 is 0 Å². The quantitative estimate of drug-likeness (QED) is 0.543. The number of H-pyrrole nitrogens is 1. The molecule has 1 amide bonds. The van der Waals surface area contributed by atoms with Gasteiger partial charge in [-0.1, -0.05) is 5.16 Å².